The first-order valence-corrected chi connectivity index (χ1v) is 8.61. The highest BCUT2D eigenvalue weighted by atomic mass is 32.2. The van der Waals surface area contributed by atoms with Crippen molar-refractivity contribution in [1.29, 1.82) is 0 Å². The van der Waals surface area contributed by atoms with Gasteiger partial charge in [-0.3, -0.25) is 13.8 Å². The van der Waals surface area contributed by atoms with E-state index in [9.17, 15) is 4.79 Å². The van der Waals surface area contributed by atoms with Crippen molar-refractivity contribution in [1.82, 2.24) is 19.2 Å². The molecule has 6 heteroatoms. The number of aryl methyl sites for hydroxylation is 1. The first-order valence-electron chi connectivity index (χ1n) is 7.63. The number of hydrogen-bond donors (Lipinski definition) is 0. The fourth-order valence-corrected chi connectivity index (χ4v) is 3.38. The molecule has 0 fully saturated rings. The quantitative estimate of drug-likeness (QED) is 0.678. The van der Waals surface area contributed by atoms with Crippen LogP contribution in [0.25, 0.3) is 16.7 Å². The highest BCUT2D eigenvalue weighted by molar-refractivity contribution is 7.99. The number of hydrogen-bond acceptors (Lipinski definition) is 4. The van der Waals surface area contributed by atoms with Crippen LogP contribution < -0.4 is 5.56 Å². The third-order valence-electron chi connectivity index (χ3n) is 3.47. The number of rotatable bonds is 5. The number of aromatic nitrogens is 4. The van der Waals surface area contributed by atoms with Gasteiger partial charge in [0, 0.05) is 12.3 Å². The molecule has 5 nitrogen and oxygen atoms in total. The molecule has 0 amide bonds. The van der Waals surface area contributed by atoms with Gasteiger partial charge in [-0.2, -0.15) is 0 Å². The molecular formula is C16H20N4OS. The molecule has 0 saturated carbocycles. The van der Waals surface area contributed by atoms with E-state index in [0.29, 0.717) is 18.2 Å². The minimum Gasteiger partial charge on any atom is -0.276 e. The SMILES string of the molecule is CCCn1c(=O)c2ccccc2n2c(SCC(C)C)nnc12. The van der Waals surface area contributed by atoms with Crippen LogP contribution in [-0.2, 0) is 6.54 Å². The summed E-state index contributed by atoms with van der Waals surface area (Å²) in [6.07, 6.45) is 0.884. The molecule has 0 aliphatic heterocycles. The van der Waals surface area contributed by atoms with Crippen LogP contribution in [0.1, 0.15) is 27.2 Å². The van der Waals surface area contributed by atoms with Crippen LogP contribution >= 0.6 is 11.8 Å². The van der Waals surface area contributed by atoms with Crippen LogP contribution in [0.4, 0.5) is 0 Å². The van der Waals surface area contributed by atoms with Gasteiger partial charge in [-0.25, -0.2) is 0 Å². The molecule has 2 aromatic heterocycles. The van der Waals surface area contributed by atoms with E-state index < -0.39 is 0 Å². The Morgan fingerprint density at radius 1 is 1.23 bits per heavy atom. The van der Waals surface area contributed by atoms with Gasteiger partial charge < -0.3 is 0 Å². The maximum absolute atomic E-state index is 12.7. The Morgan fingerprint density at radius 2 is 2.00 bits per heavy atom. The van der Waals surface area contributed by atoms with Gasteiger partial charge in [0.25, 0.3) is 5.56 Å². The minimum atomic E-state index is 0.0118. The second-order valence-electron chi connectivity index (χ2n) is 5.80. The molecule has 0 saturated heterocycles. The third-order valence-corrected chi connectivity index (χ3v) is 4.83. The van der Waals surface area contributed by atoms with Crippen LogP contribution in [-0.4, -0.2) is 24.9 Å². The van der Waals surface area contributed by atoms with Crippen LogP contribution in [0, 0.1) is 5.92 Å². The Bertz CT molecular complexity index is 866. The van der Waals surface area contributed by atoms with Gasteiger partial charge in [0.05, 0.1) is 10.9 Å². The Balaban J connectivity index is 2.31. The molecule has 0 N–H and O–H groups in total. The van der Waals surface area contributed by atoms with Crippen LogP contribution in [0.15, 0.2) is 34.2 Å². The highest BCUT2D eigenvalue weighted by Gasteiger charge is 2.16. The second-order valence-corrected chi connectivity index (χ2v) is 6.78. The normalized spacial score (nSPS) is 11.8. The van der Waals surface area contributed by atoms with Crippen molar-refractivity contribution < 1.29 is 0 Å². The van der Waals surface area contributed by atoms with Gasteiger partial charge in [-0.1, -0.05) is 44.7 Å². The van der Waals surface area contributed by atoms with Gasteiger partial charge in [-0.05, 0) is 24.5 Å². The number of para-hydroxylation sites is 1. The second kappa shape index (κ2) is 6.12. The lowest BCUT2D eigenvalue weighted by molar-refractivity contribution is 0.662. The molecule has 0 aliphatic rings. The summed E-state index contributed by atoms with van der Waals surface area (Å²) in [5, 5.41) is 10.2. The van der Waals surface area contributed by atoms with Crippen LogP contribution in [0.2, 0.25) is 0 Å². The van der Waals surface area contributed by atoms with Crippen molar-refractivity contribution in [3.8, 4) is 0 Å². The summed E-state index contributed by atoms with van der Waals surface area (Å²) in [6, 6.07) is 7.68. The molecular weight excluding hydrogens is 296 g/mol. The van der Waals surface area contributed by atoms with Gasteiger partial charge in [0.2, 0.25) is 5.78 Å². The lowest BCUT2D eigenvalue weighted by Crippen LogP contribution is -2.23. The van der Waals surface area contributed by atoms with Crippen molar-refractivity contribution in [2.45, 2.75) is 38.9 Å². The molecule has 0 spiro atoms. The van der Waals surface area contributed by atoms with Gasteiger partial charge in [0.15, 0.2) is 5.16 Å². The summed E-state index contributed by atoms with van der Waals surface area (Å²) in [6.45, 7) is 7.08. The zero-order chi connectivity index (χ0) is 15.7. The maximum Gasteiger partial charge on any atom is 0.262 e. The summed E-state index contributed by atoms with van der Waals surface area (Å²) >= 11 is 1.69. The number of thioether (sulfide) groups is 1. The Labute approximate surface area is 133 Å². The van der Waals surface area contributed by atoms with E-state index in [2.05, 4.69) is 31.0 Å². The summed E-state index contributed by atoms with van der Waals surface area (Å²) in [5.41, 5.74) is 0.892. The molecule has 22 heavy (non-hydrogen) atoms. The Hall–Kier alpha value is -1.82. The number of benzene rings is 1. The topological polar surface area (TPSA) is 52.2 Å². The highest BCUT2D eigenvalue weighted by Crippen LogP contribution is 2.23. The zero-order valence-corrected chi connectivity index (χ0v) is 13.9. The van der Waals surface area contributed by atoms with Crippen molar-refractivity contribution in [2.24, 2.45) is 5.92 Å². The van der Waals surface area contributed by atoms with Crippen molar-refractivity contribution >= 4 is 28.4 Å². The standard InChI is InChI=1S/C16H20N4OS/c1-4-9-19-14(21)12-7-5-6-8-13(12)20-15(19)17-18-16(20)22-10-11(2)3/h5-8,11H,4,9-10H2,1-3H3. The molecule has 116 valence electrons. The van der Waals surface area contributed by atoms with E-state index in [1.54, 1.807) is 16.3 Å². The summed E-state index contributed by atoms with van der Waals surface area (Å²) in [4.78, 5) is 12.7. The summed E-state index contributed by atoms with van der Waals surface area (Å²) < 4.78 is 3.74. The third kappa shape index (κ3) is 2.52. The molecule has 3 aromatic rings. The predicted molar refractivity (Wildman–Crippen MR) is 90.6 cm³/mol. The maximum atomic E-state index is 12.7. The molecule has 0 bridgehead atoms. The van der Waals surface area contributed by atoms with E-state index in [4.69, 9.17) is 0 Å². The Kier molecular flexibility index (Phi) is 4.20. The van der Waals surface area contributed by atoms with Gasteiger partial charge >= 0.3 is 0 Å². The monoisotopic (exact) mass is 316 g/mol. The van der Waals surface area contributed by atoms with Crippen molar-refractivity contribution in [3.63, 3.8) is 0 Å². The molecule has 0 atom stereocenters. The smallest absolute Gasteiger partial charge is 0.262 e. The van der Waals surface area contributed by atoms with E-state index in [-0.39, 0.29) is 5.56 Å². The summed E-state index contributed by atoms with van der Waals surface area (Å²) in [5.74, 6) is 2.18. The average Bonchev–Trinajstić information content (AvgIpc) is 2.93. The molecule has 0 radical (unpaired) electrons. The van der Waals surface area contributed by atoms with Gasteiger partial charge in [-0.15, -0.1) is 10.2 Å². The van der Waals surface area contributed by atoms with E-state index >= 15 is 0 Å². The van der Waals surface area contributed by atoms with E-state index in [1.807, 2.05) is 28.7 Å². The van der Waals surface area contributed by atoms with Crippen LogP contribution in [0.5, 0.6) is 0 Å². The van der Waals surface area contributed by atoms with Crippen molar-refractivity contribution in [2.75, 3.05) is 5.75 Å². The van der Waals surface area contributed by atoms with E-state index in [1.165, 1.54) is 0 Å². The largest absolute Gasteiger partial charge is 0.276 e. The zero-order valence-electron chi connectivity index (χ0n) is 13.1. The fraction of sp³-hybridized carbons (Fsp3) is 0.438. The van der Waals surface area contributed by atoms with Crippen LogP contribution in [0.3, 0.4) is 0 Å². The predicted octanol–water partition coefficient (Wildman–Crippen LogP) is 3.20. The first-order chi connectivity index (χ1) is 10.6. The first kappa shape index (κ1) is 15.1. The summed E-state index contributed by atoms with van der Waals surface area (Å²) in [7, 11) is 0. The minimum absolute atomic E-state index is 0.0118. The number of nitrogens with zero attached hydrogens (tertiary/aromatic N) is 4. The lowest BCUT2D eigenvalue weighted by Gasteiger charge is -2.10. The van der Waals surface area contributed by atoms with Gasteiger partial charge in [0.1, 0.15) is 0 Å². The lowest BCUT2D eigenvalue weighted by atomic mass is 10.2. The molecule has 1 aromatic carbocycles. The molecule has 0 aliphatic carbocycles. The Morgan fingerprint density at radius 3 is 2.73 bits per heavy atom. The number of fused-ring (bicyclic) bond motifs is 3. The fourth-order valence-electron chi connectivity index (χ4n) is 2.49. The average molecular weight is 316 g/mol. The molecule has 2 heterocycles. The van der Waals surface area contributed by atoms with Crippen molar-refractivity contribution in [3.05, 3.63) is 34.6 Å². The molecule has 0 unspecified atom stereocenters. The van der Waals surface area contributed by atoms with E-state index in [0.717, 1.165) is 28.2 Å². The molecule has 3 rings (SSSR count).